The Balaban J connectivity index is 2.11. The van der Waals surface area contributed by atoms with Crippen LogP contribution in [0.15, 0.2) is 24.3 Å². The third-order valence-corrected chi connectivity index (χ3v) is 6.30. The lowest BCUT2D eigenvalue weighted by molar-refractivity contribution is -0.144. The highest BCUT2D eigenvalue weighted by Gasteiger charge is 2.42. The number of benzene rings is 1. The molecule has 1 saturated heterocycles. The normalized spacial score (nSPS) is 17.5. The predicted molar refractivity (Wildman–Crippen MR) is 142 cm³/mol. The lowest BCUT2D eigenvalue weighted by Crippen LogP contribution is -2.60. The number of likely N-dealkylation sites (N-methyl/N-ethyl adjacent to an activating group) is 1. The summed E-state index contributed by atoms with van der Waals surface area (Å²) in [5.41, 5.74) is 5.95. The minimum absolute atomic E-state index is 0.245. The molecule has 206 valence electrons. The highest BCUT2D eigenvalue weighted by atomic mass is 16.6. The topological polar surface area (TPSA) is 134 Å². The molecule has 0 saturated carbocycles. The van der Waals surface area contributed by atoms with Gasteiger partial charge in [0.1, 0.15) is 23.7 Å². The Bertz CT molecular complexity index is 998. The number of nitrogens with two attached hydrogens (primary N) is 1. The van der Waals surface area contributed by atoms with E-state index in [9.17, 15) is 19.2 Å². The number of nitrogens with one attached hydrogen (secondary N) is 2. The second-order valence-electron chi connectivity index (χ2n) is 11.7. The van der Waals surface area contributed by atoms with Crippen molar-refractivity contribution in [3.05, 3.63) is 29.8 Å². The van der Waals surface area contributed by atoms with E-state index < -0.39 is 41.1 Å². The number of ether oxygens (including phenoxy) is 1. The molecule has 0 aromatic heterocycles. The Hall–Kier alpha value is -3.30. The summed E-state index contributed by atoms with van der Waals surface area (Å²) in [7, 11) is 1.48. The first-order valence-electron chi connectivity index (χ1n) is 12.7. The highest BCUT2D eigenvalue weighted by Crippen LogP contribution is 2.26. The minimum atomic E-state index is -0.892. The molecule has 1 aliphatic heterocycles. The van der Waals surface area contributed by atoms with Crippen LogP contribution in [-0.4, -0.2) is 70.9 Å². The Labute approximate surface area is 220 Å². The monoisotopic (exact) mass is 517 g/mol. The molecule has 0 radical (unpaired) electrons. The lowest BCUT2D eigenvalue weighted by Gasteiger charge is -2.36. The molecule has 10 nitrogen and oxygen atoms in total. The van der Waals surface area contributed by atoms with Crippen LogP contribution in [0.3, 0.4) is 0 Å². The van der Waals surface area contributed by atoms with Crippen LogP contribution in [0.1, 0.15) is 66.9 Å². The third kappa shape index (κ3) is 8.36. The van der Waals surface area contributed by atoms with Crippen LogP contribution in [0.2, 0.25) is 0 Å². The molecule has 3 atom stereocenters. The molecular weight excluding hydrogens is 474 g/mol. The maximum absolute atomic E-state index is 13.7. The molecule has 1 aliphatic rings. The predicted octanol–water partition coefficient (Wildman–Crippen LogP) is 2.66. The summed E-state index contributed by atoms with van der Waals surface area (Å²) in [4.78, 5) is 55.0. The van der Waals surface area contributed by atoms with Crippen molar-refractivity contribution in [1.29, 1.82) is 0 Å². The first-order chi connectivity index (χ1) is 17.0. The van der Waals surface area contributed by atoms with Crippen molar-refractivity contribution in [2.75, 3.05) is 19.3 Å². The Morgan fingerprint density at radius 2 is 1.81 bits per heavy atom. The number of anilines is 1. The van der Waals surface area contributed by atoms with E-state index >= 15 is 0 Å². The standard InChI is InChI=1S/C27H43N5O5/c1-17(31(8)25(36)37-27(5,6)7)22(33)30-21(26(2,3)4)24(35)32-14-10-13-20(32)23(34)29-16-18-11-9-12-19(28)15-18/h9,11-12,15,17,20-21H,10,13-14,16,28H2,1-8H3,(H,29,34)(H,30,33). The number of hydrogen-bond donors (Lipinski definition) is 3. The first-order valence-corrected chi connectivity index (χ1v) is 12.7. The molecule has 2 rings (SSSR count). The fourth-order valence-corrected chi connectivity index (χ4v) is 4.06. The average molecular weight is 518 g/mol. The van der Waals surface area contributed by atoms with Crippen LogP contribution < -0.4 is 16.4 Å². The molecular formula is C27H43N5O5. The molecule has 4 amide bonds. The number of carbonyl (C=O) groups excluding carboxylic acids is 4. The van der Waals surface area contributed by atoms with Crippen LogP contribution in [0, 0.1) is 5.41 Å². The van der Waals surface area contributed by atoms with Crippen molar-refractivity contribution in [3.8, 4) is 0 Å². The van der Waals surface area contributed by atoms with Crippen molar-refractivity contribution < 1.29 is 23.9 Å². The molecule has 0 bridgehead atoms. The van der Waals surface area contributed by atoms with Gasteiger partial charge in [-0.05, 0) is 63.6 Å². The summed E-state index contributed by atoms with van der Waals surface area (Å²) in [6.07, 6.45) is 0.590. The van der Waals surface area contributed by atoms with E-state index in [1.807, 2.05) is 32.9 Å². The van der Waals surface area contributed by atoms with Crippen molar-refractivity contribution in [1.82, 2.24) is 20.4 Å². The van der Waals surface area contributed by atoms with Crippen LogP contribution in [0.5, 0.6) is 0 Å². The van der Waals surface area contributed by atoms with Gasteiger partial charge in [-0.2, -0.15) is 0 Å². The van der Waals surface area contributed by atoms with E-state index in [0.29, 0.717) is 31.6 Å². The Kier molecular flexibility index (Phi) is 9.57. The molecule has 0 aliphatic carbocycles. The highest BCUT2D eigenvalue weighted by molar-refractivity contribution is 5.94. The van der Waals surface area contributed by atoms with Gasteiger partial charge in [-0.25, -0.2) is 4.79 Å². The number of nitrogens with zero attached hydrogens (tertiary/aromatic N) is 2. The van der Waals surface area contributed by atoms with Crippen molar-refractivity contribution in [3.63, 3.8) is 0 Å². The first kappa shape index (κ1) is 29.9. The molecule has 1 fully saturated rings. The summed E-state index contributed by atoms with van der Waals surface area (Å²) in [5, 5.41) is 5.73. The maximum Gasteiger partial charge on any atom is 0.410 e. The van der Waals surface area contributed by atoms with E-state index in [0.717, 1.165) is 5.56 Å². The van der Waals surface area contributed by atoms with Gasteiger partial charge >= 0.3 is 6.09 Å². The van der Waals surface area contributed by atoms with Gasteiger partial charge in [-0.15, -0.1) is 0 Å². The Morgan fingerprint density at radius 1 is 1.16 bits per heavy atom. The zero-order chi connectivity index (χ0) is 28.1. The summed E-state index contributed by atoms with van der Waals surface area (Å²) in [6, 6.07) is 4.86. The number of amides is 4. The SMILES string of the molecule is CC(C(=O)NC(C(=O)N1CCCC1C(=O)NCc1cccc(N)c1)C(C)(C)C)N(C)C(=O)OC(C)(C)C. The van der Waals surface area contributed by atoms with E-state index in [-0.39, 0.29) is 11.8 Å². The maximum atomic E-state index is 13.7. The van der Waals surface area contributed by atoms with Crippen LogP contribution in [-0.2, 0) is 25.7 Å². The molecule has 0 spiro atoms. The van der Waals surface area contributed by atoms with E-state index in [2.05, 4.69) is 10.6 Å². The molecule has 4 N–H and O–H groups in total. The van der Waals surface area contributed by atoms with E-state index in [1.165, 1.54) is 11.9 Å². The van der Waals surface area contributed by atoms with E-state index in [4.69, 9.17) is 10.5 Å². The molecule has 1 aromatic rings. The zero-order valence-corrected chi connectivity index (χ0v) is 23.4. The van der Waals surface area contributed by atoms with Gasteiger partial charge in [0.05, 0.1) is 0 Å². The van der Waals surface area contributed by atoms with Crippen molar-refractivity contribution in [2.45, 2.75) is 91.6 Å². The lowest BCUT2D eigenvalue weighted by atomic mass is 9.85. The molecule has 1 aromatic carbocycles. The van der Waals surface area contributed by atoms with Crippen LogP contribution in [0.4, 0.5) is 10.5 Å². The van der Waals surface area contributed by atoms with Gasteiger partial charge < -0.3 is 26.0 Å². The quantitative estimate of drug-likeness (QED) is 0.476. The molecule has 10 heteroatoms. The second kappa shape index (κ2) is 11.8. The fourth-order valence-electron chi connectivity index (χ4n) is 4.06. The minimum Gasteiger partial charge on any atom is -0.444 e. The number of nitrogen functional groups attached to an aromatic ring is 1. The fraction of sp³-hybridized carbons (Fsp3) is 0.630. The smallest absolute Gasteiger partial charge is 0.410 e. The summed E-state index contributed by atoms with van der Waals surface area (Å²) >= 11 is 0. The number of hydrogen-bond acceptors (Lipinski definition) is 6. The van der Waals surface area contributed by atoms with Gasteiger partial charge in [0.2, 0.25) is 17.7 Å². The largest absolute Gasteiger partial charge is 0.444 e. The third-order valence-electron chi connectivity index (χ3n) is 6.30. The second-order valence-corrected chi connectivity index (χ2v) is 11.7. The van der Waals surface area contributed by atoms with Gasteiger partial charge in [0, 0.05) is 25.8 Å². The van der Waals surface area contributed by atoms with Gasteiger partial charge in [-0.3, -0.25) is 19.3 Å². The summed E-state index contributed by atoms with van der Waals surface area (Å²) in [6.45, 7) is 13.1. The Morgan fingerprint density at radius 3 is 2.38 bits per heavy atom. The number of rotatable bonds is 7. The van der Waals surface area contributed by atoms with Crippen molar-refractivity contribution in [2.24, 2.45) is 5.41 Å². The summed E-state index contributed by atoms with van der Waals surface area (Å²) < 4.78 is 5.35. The van der Waals surface area contributed by atoms with Crippen LogP contribution >= 0.6 is 0 Å². The molecule has 3 unspecified atom stereocenters. The van der Waals surface area contributed by atoms with E-state index in [1.54, 1.807) is 44.7 Å². The van der Waals surface area contributed by atoms with Gasteiger partial charge in [0.15, 0.2) is 0 Å². The van der Waals surface area contributed by atoms with Gasteiger partial charge in [-0.1, -0.05) is 32.9 Å². The zero-order valence-electron chi connectivity index (χ0n) is 23.4. The molecule has 1 heterocycles. The van der Waals surface area contributed by atoms with Crippen LogP contribution in [0.25, 0.3) is 0 Å². The number of carbonyl (C=O) groups is 4. The molecule has 37 heavy (non-hydrogen) atoms. The van der Waals surface area contributed by atoms with Crippen molar-refractivity contribution >= 4 is 29.5 Å². The summed E-state index contributed by atoms with van der Waals surface area (Å²) in [5.74, 6) is -1.05. The number of likely N-dealkylation sites (tertiary alicyclic amines) is 1. The average Bonchev–Trinajstić information content (AvgIpc) is 3.27. The van der Waals surface area contributed by atoms with Gasteiger partial charge in [0.25, 0.3) is 0 Å².